The van der Waals surface area contributed by atoms with Gasteiger partial charge in [0.25, 0.3) is 10.0 Å². The molecule has 4 rings (SSSR count). The van der Waals surface area contributed by atoms with Crippen LogP contribution in [0.1, 0.15) is 39.7 Å². The number of hydrogen-bond donors (Lipinski definition) is 0. The topological polar surface area (TPSA) is 107 Å². The van der Waals surface area contributed by atoms with Crippen LogP contribution in [-0.4, -0.2) is 56.2 Å². The molecule has 1 aromatic heterocycles. The number of methoxy groups -OCH3 is 2. The molecule has 0 bridgehead atoms. The van der Waals surface area contributed by atoms with Gasteiger partial charge < -0.3 is 18.9 Å². The normalized spacial score (nSPS) is 18.0. The van der Waals surface area contributed by atoms with Gasteiger partial charge in [0.15, 0.2) is 10.7 Å². The van der Waals surface area contributed by atoms with Crippen LogP contribution < -0.4 is 18.7 Å². The van der Waals surface area contributed by atoms with Crippen LogP contribution >= 0.6 is 11.6 Å². The van der Waals surface area contributed by atoms with Crippen molar-refractivity contribution >= 4 is 50.7 Å². The van der Waals surface area contributed by atoms with Gasteiger partial charge in [-0.25, -0.2) is 26.5 Å². The number of halogens is 4. The summed E-state index contributed by atoms with van der Waals surface area (Å²) in [6.07, 6.45) is 2.10. The van der Waals surface area contributed by atoms with Crippen molar-refractivity contribution in [2.75, 3.05) is 36.5 Å². The number of hydrogen-bond acceptors (Lipinski definition) is 8. The largest absolute Gasteiger partial charge is 0.591 e. The summed E-state index contributed by atoms with van der Waals surface area (Å²) in [5.41, 5.74) is -0.354. The van der Waals surface area contributed by atoms with Crippen LogP contribution in [0.15, 0.2) is 51.8 Å². The first-order chi connectivity index (χ1) is 21.0. The average molecular weight is 687 g/mol. The van der Waals surface area contributed by atoms with Crippen molar-refractivity contribution in [1.82, 2.24) is 4.98 Å². The van der Waals surface area contributed by atoms with E-state index in [0.717, 1.165) is 12.1 Å². The maximum Gasteiger partial charge on any atom is 0.271 e. The molecule has 0 amide bonds. The highest BCUT2D eigenvalue weighted by atomic mass is 35.5. The first kappa shape index (κ1) is 34.7. The molecule has 1 fully saturated rings. The fraction of sp³-hybridized carbons (Fsp3) is 0.400. The second-order valence-electron chi connectivity index (χ2n) is 11.8. The van der Waals surface area contributed by atoms with Crippen LogP contribution in [0.2, 0.25) is 5.02 Å². The molecule has 45 heavy (non-hydrogen) atoms. The Kier molecular flexibility index (Phi) is 10.2. The van der Waals surface area contributed by atoms with E-state index in [1.165, 1.54) is 38.5 Å². The van der Waals surface area contributed by atoms with Crippen molar-refractivity contribution in [2.45, 2.75) is 50.3 Å². The molecule has 1 saturated heterocycles. The first-order valence-corrected chi connectivity index (χ1v) is 16.7. The van der Waals surface area contributed by atoms with Crippen LogP contribution in [0.5, 0.6) is 11.5 Å². The lowest BCUT2D eigenvalue weighted by Gasteiger charge is -2.27. The summed E-state index contributed by atoms with van der Waals surface area (Å²) in [4.78, 5) is 3.96. The number of rotatable bonds is 10. The van der Waals surface area contributed by atoms with Gasteiger partial charge in [0.05, 0.1) is 32.7 Å². The highest BCUT2D eigenvalue weighted by Crippen LogP contribution is 2.41. The lowest BCUT2D eigenvalue weighted by molar-refractivity contribution is 0.391. The van der Waals surface area contributed by atoms with Crippen LogP contribution in [0.25, 0.3) is 0 Å². The minimum atomic E-state index is -5.08. The van der Waals surface area contributed by atoms with Gasteiger partial charge in [-0.15, -0.1) is 0 Å². The predicted molar refractivity (Wildman–Crippen MR) is 170 cm³/mol. The first-order valence-electron chi connectivity index (χ1n) is 13.8. The number of anilines is 2. The van der Waals surface area contributed by atoms with E-state index in [2.05, 4.69) is 9.38 Å². The molecule has 0 spiro atoms. The summed E-state index contributed by atoms with van der Waals surface area (Å²) in [7, 11) is -2.29. The molecule has 1 aliphatic heterocycles. The Morgan fingerprint density at radius 2 is 1.89 bits per heavy atom. The van der Waals surface area contributed by atoms with Gasteiger partial charge in [-0.1, -0.05) is 29.0 Å². The van der Waals surface area contributed by atoms with Gasteiger partial charge >= 0.3 is 0 Å². The number of benzene rings is 2. The van der Waals surface area contributed by atoms with Crippen LogP contribution in [0.3, 0.4) is 0 Å². The number of nitrogens with zero attached hydrogens (tertiary/aromatic N) is 4. The van der Waals surface area contributed by atoms with E-state index in [4.69, 9.17) is 21.1 Å². The van der Waals surface area contributed by atoms with Crippen molar-refractivity contribution in [1.29, 1.82) is 0 Å². The standard InChI is InChI=1S/C30H34ClF3N4O5S2/c1-29(2,3)44(39)35-17-30(4)12-13-37(18-30)22-15-21(32)28(27(34)26(22)31)45(40,41)38(25-9-7-8-24(33)36-25)16-19-10-11-20(42-5)14-23(19)43-6/h7-11,14-15,17H,12-13,16,18H2,1-6H3/b35-17+/t30?,44-/m0/s1. The fourth-order valence-corrected chi connectivity index (χ4v) is 7.24. The highest BCUT2D eigenvalue weighted by molar-refractivity contribution is 7.92. The third-order valence-electron chi connectivity index (χ3n) is 7.24. The number of sulfonamides is 1. The third kappa shape index (κ3) is 7.45. The van der Waals surface area contributed by atoms with E-state index in [0.29, 0.717) is 23.0 Å². The molecular formula is C30H34ClF3N4O5S2. The zero-order valence-electron chi connectivity index (χ0n) is 25.6. The fourth-order valence-electron chi connectivity index (χ4n) is 4.73. The minimum Gasteiger partial charge on any atom is -0.591 e. The smallest absolute Gasteiger partial charge is 0.271 e. The lowest BCUT2D eigenvalue weighted by Crippen LogP contribution is -2.33. The van der Waals surface area contributed by atoms with Crippen molar-refractivity contribution in [3.8, 4) is 11.5 Å². The van der Waals surface area contributed by atoms with E-state index in [1.807, 2.05) is 6.92 Å². The molecule has 15 heteroatoms. The van der Waals surface area contributed by atoms with Crippen LogP contribution in [-0.2, 0) is 27.9 Å². The van der Waals surface area contributed by atoms with Crippen LogP contribution in [0, 0.1) is 23.0 Å². The maximum atomic E-state index is 16.0. The zero-order chi connectivity index (χ0) is 33.3. The van der Waals surface area contributed by atoms with Crippen molar-refractivity contribution in [3.63, 3.8) is 0 Å². The van der Waals surface area contributed by atoms with Gasteiger partial charge in [-0.3, -0.25) is 0 Å². The molecular weight excluding hydrogens is 653 g/mol. The number of pyridine rings is 1. The number of aromatic nitrogens is 1. The minimum absolute atomic E-state index is 0.0491. The van der Waals surface area contributed by atoms with Gasteiger partial charge in [-0.2, -0.15) is 4.39 Å². The molecule has 0 aliphatic carbocycles. The molecule has 3 aromatic rings. The van der Waals surface area contributed by atoms with Crippen molar-refractivity contribution in [2.24, 2.45) is 9.81 Å². The molecule has 2 atom stereocenters. The Morgan fingerprint density at radius 3 is 2.51 bits per heavy atom. The van der Waals surface area contributed by atoms with Gasteiger partial charge in [0.2, 0.25) is 5.95 Å². The molecule has 0 radical (unpaired) electrons. The highest BCUT2D eigenvalue weighted by Gasteiger charge is 2.39. The monoisotopic (exact) mass is 686 g/mol. The molecule has 0 saturated carbocycles. The zero-order valence-corrected chi connectivity index (χ0v) is 28.0. The van der Waals surface area contributed by atoms with Crippen molar-refractivity contribution < 1.29 is 35.6 Å². The van der Waals surface area contributed by atoms with Crippen LogP contribution in [0.4, 0.5) is 24.7 Å². The molecule has 0 N–H and O–H groups in total. The maximum absolute atomic E-state index is 16.0. The SMILES string of the molecule is COc1ccc(CN(c2cccc(F)n2)S(=O)(=O)c2c(F)cc(N3CCC(C)(/C=N/[S@@+]([O-])C(C)(C)C)C3)c(Cl)c2F)c(OC)c1. The summed E-state index contributed by atoms with van der Waals surface area (Å²) < 4.78 is 101. The number of ether oxygens (including phenoxy) is 2. The second-order valence-corrected chi connectivity index (χ2v) is 15.9. The Balaban J connectivity index is 1.74. The molecule has 2 aromatic carbocycles. The van der Waals surface area contributed by atoms with E-state index >= 15 is 8.78 Å². The molecule has 9 nitrogen and oxygen atoms in total. The molecule has 1 unspecified atom stereocenters. The van der Waals surface area contributed by atoms with Gasteiger partial charge in [0.1, 0.15) is 44.3 Å². The lowest BCUT2D eigenvalue weighted by atomic mass is 9.92. The third-order valence-corrected chi connectivity index (χ3v) is 10.7. The molecule has 244 valence electrons. The average Bonchev–Trinajstić information content (AvgIpc) is 3.37. The second kappa shape index (κ2) is 13.3. The Bertz CT molecular complexity index is 1710. The van der Waals surface area contributed by atoms with E-state index < -0.39 is 71.4 Å². The summed E-state index contributed by atoms with van der Waals surface area (Å²) in [5, 5.41) is -0.608. The summed E-state index contributed by atoms with van der Waals surface area (Å²) in [5.74, 6) is -3.70. The summed E-state index contributed by atoms with van der Waals surface area (Å²) >= 11 is 4.91. The van der Waals surface area contributed by atoms with E-state index in [1.54, 1.807) is 38.0 Å². The summed E-state index contributed by atoms with van der Waals surface area (Å²) in [6.45, 7) is 7.29. The van der Waals surface area contributed by atoms with Gasteiger partial charge in [0, 0.05) is 36.2 Å². The summed E-state index contributed by atoms with van der Waals surface area (Å²) in [6, 6.07) is 8.84. The quantitative estimate of drug-likeness (QED) is 0.106. The Morgan fingerprint density at radius 1 is 1.18 bits per heavy atom. The molecule has 2 heterocycles. The van der Waals surface area contributed by atoms with Gasteiger partial charge in [-0.05, 0) is 51.5 Å². The van der Waals surface area contributed by atoms with E-state index in [9.17, 15) is 17.4 Å². The van der Waals surface area contributed by atoms with E-state index in [-0.39, 0.29) is 23.5 Å². The van der Waals surface area contributed by atoms with Crippen molar-refractivity contribution in [3.05, 3.63) is 70.6 Å². The Labute approximate surface area is 269 Å². The molecule has 1 aliphatic rings. The Hall–Kier alpha value is -3.20. The predicted octanol–water partition coefficient (Wildman–Crippen LogP) is 6.31.